The molecule has 1 aliphatic rings. The van der Waals surface area contributed by atoms with Crippen molar-refractivity contribution in [2.45, 2.75) is 391 Å². The maximum atomic E-state index is 13.2. The van der Waals surface area contributed by atoms with Gasteiger partial charge in [0.05, 0.1) is 25.4 Å². The van der Waals surface area contributed by atoms with Gasteiger partial charge in [-0.05, 0) is 70.6 Å². The first-order valence-corrected chi connectivity index (χ1v) is 37.3. The van der Waals surface area contributed by atoms with Crippen LogP contribution in [0.15, 0.2) is 85.1 Å². The normalized spacial score (nSPS) is 18.4. The van der Waals surface area contributed by atoms with Gasteiger partial charge in [-0.1, -0.05) is 356 Å². The van der Waals surface area contributed by atoms with Crippen LogP contribution in [0.5, 0.6) is 0 Å². The average molecular weight is 1220 g/mol. The molecule has 0 aromatic rings. The van der Waals surface area contributed by atoms with Crippen LogP contribution in [0.25, 0.3) is 0 Å². The fraction of sp³-hybridized carbons (Fsp3) is 0.808. The Morgan fingerprint density at radius 1 is 0.402 bits per heavy atom. The lowest BCUT2D eigenvalue weighted by atomic mass is 9.99. The topological polar surface area (TPSA) is 149 Å². The lowest BCUT2D eigenvalue weighted by Crippen LogP contribution is -2.60. The zero-order valence-corrected chi connectivity index (χ0v) is 56.8. The Hall–Kier alpha value is -2.63. The third-order valence-corrected chi connectivity index (χ3v) is 17.5. The van der Waals surface area contributed by atoms with Gasteiger partial charge in [0.15, 0.2) is 6.29 Å². The highest BCUT2D eigenvalue weighted by Gasteiger charge is 2.44. The smallest absolute Gasteiger partial charge is 0.220 e. The van der Waals surface area contributed by atoms with E-state index in [0.29, 0.717) is 12.8 Å². The number of nitrogens with one attached hydrogen (secondary N) is 1. The van der Waals surface area contributed by atoms with Crippen LogP contribution in [0.4, 0.5) is 0 Å². The number of rotatable bonds is 65. The summed E-state index contributed by atoms with van der Waals surface area (Å²) < 4.78 is 11.4. The van der Waals surface area contributed by atoms with Crippen molar-refractivity contribution in [1.29, 1.82) is 0 Å². The van der Waals surface area contributed by atoms with Crippen LogP contribution in [-0.2, 0) is 14.3 Å². The molecule has 87 heavy (non-hydrogen) atoms. The van der Waals surface area contributed by atoms with Crippen LogP contribution in [-0.4, -0.2) is 87.5 Å². The van der Waals surface area contributed by atoms with Gasteiger partial charge in [0.1, 0.15) is 24.4 Å². The van der Waals surface area contributed by atoms with Crippen LogP contribution in [0.3, 0.4) is 0 Å². The van der Waals surface area contributed by atoms with Crippen molar-refractivity contribution in [3.8, 4) is 0 Å². The molecular formula is C78H141NO8. The van der Waals surface area contributed by atoms with E-state index in [4.69, 9.17) is 9.47 Å². The summed E-state index contributed by atoms with van der Waals surface area (Å²) in [5.41, 5.74) is 0. The number of ether oxygens (including phenoxy) is 2. The number of aliphatic hydroxyl groups excluding tert-OH is 5. The Morgan fingerprint density at radius 2 is 0.713 bits per heavy atom. The Bertz CT molecular complexity index is 1650. The summed E-state index contributed by atoms with van der Waals surface area (Å²) in [6.07, 6.45) is 88.0. The molecule has 1 saturated heterocycles. The molecule has 0 bridgehead atoms. The SMILES string of the molecule is CC/C=C\C/C=C\C/C=C\C/C=C\C/C=C\C/C=C\C/C=C\CCCCCCCCCCCCCCCCCC(=O)NC(COC1OC(CO)C(O)C(O)C1O)C(O)CCCCCCCCCCCCCCCCCCCCCCCCCCCCC. The van der Waals surface area contributed by atoms with Crippen LogP contribution in [0.1, 0.15) is 348 Å². The predicted molar refractivity (Wildman–Crippen MR) is 373 cm³/mol. The fourth-order valence-corrected chi connectivity index (χ4v) is 11.7. The van der Waals surface area contributed by atoms with E-state index in [2.05, 4.69) is 104 Å². The first-order valence-electron chi connectivity index (χ1n) is 37.3. The van der Waals surface area contributed by atoms with Gasteiger partial charge in [-0.3, -0.25) is 4.79 Å². The van der Waals surface area contributed by atoms with Gasteiger partial charge in [-0.2, -0.15) is 0 Å². The highest BCUT2D eigenvalue weighted by atomic mass is 16.7. The van der Waals surface area contributed by atoms with Crippen LogP contribution in [0, 0.1) is 0 Å². The predicted octanol–water partition coefficient (Wildman–Crippen LogP) is 20.9. The van der Waals surface area contributed by atoms with E-state index in [1.54, 1.807) is 0 Å². The van der Waals surface area contributed by atoms with Crippen LogP contribution in [0.2, 0.25) is 0 Å². The summed E-state index contributed by atoms with van der Waals surface area (Å²) in [7, 11) is 0. The average Bonchev–Trinajstić information content (AvgIpc) is 3.37. The molecule has 6 N–H and O–H groups in total. The molecule has 9 heteroatoms. The molecule has 1 aliphatic heterocycles. The summed E-state index contributed by atoms with van der Waals surface area (Å²) in [6, 6.07) is -0.724. The van der Waals surface area contributed by atoms with E-state index in [9.17, 15) is 30.3 Å². The number of carbonyl (C=O) groups is 1. The molecule has 506 valence electrons. The molecule has 9 nitrogen and oxygen atoms in total. The summed E-state index contributed by atoms with van der Waals surface area (Å²) in [5.74, 6) is -0.141. The van der Waals surface area contributed by atoms with E-state index >= 15 is 0 Å². The van der Waals surface area contributed by atoms with E-state index in [-0.39, 0.29) is 12.5 Å². The van der Waals surface area contributed by atoms with E-state index < -0.39 is 49.5 Å². The number of aliphatic hydroxyl groups is 5. The third-order valence-electron chi connectivity index (χ3n) is 17.5. The molecule has 0 aliphatic carbocycles. The second-order valence-corrected chi connectivity index (χ2v) is 25.7. The number of allylic oxidation sites excluding steroid dienone is 14. The van der Waals surface area contributed by atoms with Crippen molar-refractivity contribution >= 4 is 5.91 Å². The summed E-state index contributed by atoms with van der Waals surface area (Å²) in [6.45, 7) is 3.77. The van der Waals surface area contributed by atoms with E-state index in [1.807, 2.05) is 0 Å². The summed E-state index contributed by atoms with van der Waals surface area (Å²) in [4.78, 5) is 13.2. The third kappa shape index (κ3) is 54.8. The Kier molecular flexibility index (Phi) is 62.8. The molecular weight excluding hydrogens is 1080 g/mol. The molecule has 0 radical (unpaired) electrons. The number of amides is 1. The molecule has 1 rings (SSSR count). The second kappa shape index (κ2) is 66.3. The summed E-state index contributed by atoms with van der Waals surface area (Å²) in [5, 5.41) is 55.0. The van der Waals surface area contributed by atoms with Crippen molar-refractivity contribution in [3.63, 3.8) is 0 Å². The minimum absolute atomic E-state index is 0.138. The van der Waals surface area contributed by atoms with Crippen LogP contribution >= 0.6 is 0 Å². The first kappa shape index (κ1) is 82.4. The zero-order chi connectivity index (χ0) is 62.8. The molecule has 0 aromatic carbocycles. The first-order chi connectivity index (χ1) is 42.8. The number of unbranched alkanes of at least 4 members (excludes halogenated alkanes) is 41. The molecule has 0 aromatic heterocycles. The zero-order valence-electron chi connectivity index (χ0n) is 56.8. The number of hydrogen-bond donors (Lipinski definition) is 6. The molecule has 0 spiro atoms. The van der Waals surface area contributed by atoms with Crippen molar-refractivity contribution in [3.05, 3.63) is 85.1 Å². The molecule has 0 saturated carbocycles. The van der Waals surface area contributed by atoms with Crippen molar-refractivity contribution in [1.82, 2.24) is 5.32 Å². The van der Waals surface area contributed by atoms with Crippen molar-refractivity contribution in [2.75, 3.05) is 13.2 Å². The Morgan fingerprint density at radius 3 is 1.06 bits per heavy atom. The molecule has 1 amide bonds. The largest absolute Gasteiger partial charge is 0.394 e. The summed E-state index contributed by atoms with van der Waals surface area (Å²) >= 11 is 0. The number of hydrogen-bond acceptors (Lipinski definition) is 8. The van der Waals surface area contributed by atoms with E-state index in [1.165, 1.54) is 238 Å². The number of carbonyl (C=O) groups excluding carboxylic acids is 1. The minimum Gasteiger partial charge on any atom is -0.394 e. The fourth-order valence-electron chi connectivity index (χ4n) is 11.7. The monoisotopic (exact) mass is 1220 g/mol. The lowest BCUT2D eigenvalue weighted by Gasteiger charge is -2.40. The van der Waals surface area contributed by atoms with Crippen molar-refractivity contribution < 1.29 is 39.8 Å². The maximum absolute atomic E-state index is 13.2. The van der Waals surface area contributed by atoms with Gasteiger partial charge < -0.3 is 40.3 Å². The van der Waals surface area contributed by atoms with E-state index in [0.717, 1.165) is 83.5 Å². The van der Waals surface area contributed by atoms with Gasteiger partial charge in [0.25, 0.3) is 0 Å². The standard InChI is InChI=1S/C78H141NO8/c1-3-5-7-9-11-13-15-17-19-21-23-25-27-29-31-32-33-34-35-36-37-38-39-40-42-44-46-48-50-52-54-56-58-60-62-64-66-68-74(82)79-71(70-86-78-77(85)76(84)75(83)73(69-80)87-78)72(81)67-65-63-61-59-57-55-53-51-49-47-45-43-41-30-28-26-24-22-20-18-16-14-12-10-8-6-4-2/h5,7,11,13,17,19,23,25,29,31,33-34,36-37,71-73,75-78,80-81,83-85H,3-4,6,8-10,12,14-16,18,20-22,24,26-28,30,32,35,38-70H2,1-2H3,(H,79,82)/b7-5-,13-11-,19-17-,25-23-,31-29-,34-33-,37-36-. The molecule has 1 heterocycles. The Labute approximate surface area is 537 Å². The van der Waals surface area contributed by atoms with Crippen LogP contribution < -0.4 is 5.32 Å². The highest BCUT2D eigenvalue weighted by molar-refractivity contribution is 5.76. The van der Waals surface area contributed by atoms with Crippen molar-refractivity contribution in [2.24, 2.45) is 0 Å². The second-order valence-electron chi connectivity index (χ2n) is 25.7. The quantitative estimate of drug-likeness (QED) is 0.0261. The molecule has 7 atom stereocenters. The minimum atomic E-state index is -1.56. The molecule has 7 unspecified atom stereocenters. The maximum Gasteiger partial charge on any atom is 0.220 e. The van der Waals surface area contributed by atoms with Gasteiger partial charge in [-0.15, -0.1) is 0 Å². The van der Waals surface area contributed by atoms with Gasteiger partial charge in [0.2, 0.25) is 5.91 Å². The Balaban J connectivity index is 2.09. The van der Waals surface area contributed by atoms with Gasteiger partial charge >= 0.3 is 0 Å². The lowest BCUT2D eigenvalue weighted by molar-refractivity contribution is -0.302. The highest BCUT2D eigenvalue weighted by Crippen LogP contribution is 2.24. The van der Waals surface area contributed by atoms with Gasteiger partial charge in [0, 0.05) is 6.42 Å². The van der Waals surface area contributed by atoms with Gasteiger partial charge in [-0.25, -0.2) is 0 Å². The molecule has 1 fully saturated rings.